The maximum absolute atomic E-state index is 5.75. The number of hydrogen-bond acceptors (Lipinski definition) is 3. The molecule has 0 saturated carbocycles. The third-order valence-electron chi connectivity index (χ3n) is 2.91. The van der Waals surface area contributed by atoms with Crippen molar-refractivity contribution in [3.05, 3.63) is 0 Å². The minimum Gasteiger partial charge on any atom is -0.382 e. The molecule has 14 heavy (non-hydrogen) atoms. The molecule has 0 fully saturated rings. The third kappa shape index (κ3) is 4.67. The highest BCUT2D eigenvalue weighted by Crippen LogP contribution is 2.28. The van der Waals surface area contributed by atoms with Crippen molar-refractivity contribution >= 4 is 12.6 Å². The fourth-order valence-corrected chi connectivity index (χ4v) is 1.86. The standard InChI is InChI=1S/C11H24O2S/c1-5-11(6-2,9-14)8-13-10(3)7-12-4/h10,14H,5-9H2,1-4H3. The van der Waals surface area contributed by atoms with Gasteiger partial charge in [0.15, 0.2) is 0 Å². The van der Waals surface area contributed by atoms with Crippen LogP contribution in [0.4, 0.5) is 0 Å². The van der Waals surface area contributed by atoms with E-state index in [1.807, 2.05) is 6.92 Å². The summed E-state index contributed by atoms with van der Waals surface area (Å²) in [4.78, 5) is 0. The van der Waals surface area contributed by atoms with Gasteiger partial charge in [-0.05, 0) is 25.5 Å². The van der Waals surface area contributed by atoms with Gasteiger partial charge in [0.25, 0.3) is 0 Å². The van der Waals surface area contributed by atoms with Gasteiger partial charge in [0.2, 0.25) is 0 Å². The lowest BCUT2D eigenvalue weighted by atomic mass is 9.85. The first-order valence-corrected chi connectivity index (χ1v) is 5.98. The Bertz CT molecular complexity index is 127. The molecule has 0 aliphatic rings. The summed E-state index contributed by atoms with van der Waals surface area (Å²) in [7, 11) is 1.70. The number of methoxy groups -OCH3 is 1. The van der Waals surface area contributed by atoms with Crippen molar-refractivity contribution in [1.82, 2.24) is 0 Å². The van der Waals surface area contributed by atoms with Gasteiger partial charge in [-0.2, -0.15) is 12.6 Å². The van der Waals surface area contributed by atoms with Gasteiger partial charge >= 0.3 is 0 Å². The Labute approximate surface area is 93.8 Å². The fourth-order valence-electron chi connectivity index (χ4n) is 1.33. The molecular weight excluding hydrogens is 196 g/mol. The van der Waals surface area contributed by atoms with Crippen molar-refractivity contribution in [2.45, 2.75) is 39.7 Å². The van der Waals surface area contributed by atoms with E-state index in [4.69, 9.17) is 9.47 Å². The first-order valence-electron chi connectivity index (χ1n) is 5.35. The lowest BCUT2D eigenvalue weighted by Crippen LogP contribution is -2.30. The molecule has 0 heterocycles. The molecule has 0 rings (SSSR count). The van der Waals surface area contributed by atoms with Crippen LogP contribution in [0.1, 0.15) is 33.6 Å². The Kier molecular flexibility index (Phi) is 7.69. The first kappa shape index (κ1) is 14.3. The molecule has 0 aromatic carbocycles. The summed E-state index contributed by atoms with van der Waals surface area (Å²) in [6.45, 7) is 7.89. The minimum absolute atomic E-state index is 0.178. The molecule has 1 unspecified atom stereocenters. The van der Waals surface area contributed by atoms with E-state index >= 15 is 0 Å². The molecule has 0 aliphatic carbocycles. The predicted octanol–water partition coefficient (Wildman–Crippen LogP) is 2.77. The zero-order valence-electron chi connectivity index (χ0n) is 9.88. The zero-order valence-corrected chi connectivity index (χ0v) is 10.8. The highest BCUT2D eigenvalue weighted by atomic mass is 32.1. The fraction of sp³-hybridized carbons (Fsp3) is 1.00. The summed E-state index contributed by atoms with van der Waals surface area (Å²) in [5, 5.41) is 0. The molecule has 0 radical (unpaired) electrons. The van der Waals surface area contributed by atoms with E-state index in [2.05, 4.69) is 26.5 Å². The van der Waals surface area contributed by atoms with E-state index in [0.717, 1.165) is 25.2 Å². The van der Waals surface area contributed by atoms with E-state index in [0.29, 0.717) is 6.61 Å². The van der Waals surface area contributed by atoms with Crippen LogP contribution in [-0.4, -0.2) is 32.2 Å². The lowest BCUT2D eigenvalue weighted by Gasteiger charge is -2.30. The van der Waals surface area contributed by atoms with Gasteiger partial charge in [-0.25, -0.2) is 0 Å². The molecule has 0 bridgehead atoms. The summed E-state index contributed by atoms with van der Waals surface area (Å²) in [6, 6.07) is 0. The largest absolute Gasteiger partial charge is 0.382 e. The Hall–Kier alpha value is 0.270. The van der Waals surface area contributed by atoms with Crippen LogP contribution in [-0.2, 0) is 9.47 Å². The van der Waals surface area contributed by atoms with Gasteiger partial charge in [0, 0.05) is 12.5 Å². The average molecular weight is 220 g/mol. The molecule has 1 atom stereocenters. The number of hydrogen-bond donors (Lipinski definition) is 1. The molecule has 2 nitrogen and oxygen atoms in total. The Morgan fingerprint density at radius 3 is 2.21 bits per heavy atom. The van der Waals surface area contributed by atoms with Gasteiger partial charge in [-0.1, -0.05) is 13.8 Å². The summed E-state index contributed by atoms with van der Waals surface area (Å²) in [5.74, 6) is 0.889. The second-order valence-electron chi connectivity index (χ2n) is 3.94. The zero-order chi connectivity index (χ0) is 11.0. The van der Waals surface area contributed by atoms with E-state index < -0.39 is 0 Å². The van der Waals surface area contributed by atoms with E-state index in [1.54, 1.807) is 7.11 Å². The van der Waals surface area contributed by atoms with Gasteiger partial charge in [0.1, 0.15) is 0 Å². The SMILES string of the molecule is CCC(CC)(CS)COC(C)COC. The van der Waals surface area contributed by atoms with Crippen LogP contribution in [0.2, 0.25) is 0 Å². The summed E-state index contributed by atoms with van der Waals surface area (Å²) in [5.41, 5.74) is 0.241. The smallest absolute Gasteiger partial charge is 0.0780 e. The maximum Gasteiger partial charge on any atom is 0.0780 e. The molecule has 0 aliphatic heterocycles. The number of ether oxygens (including phenoxy) is 2. The molecule has 0 aromatic heterocycles. The minimum atomic E-state index is 0.178. The first-order chi connectivity index (χ1) is 6.64. The number of thiol groups is 1. The van der Waals surface area contributed by atoms with Crippen molar-refractivity contribution in [2.24, 2.45) is 5.41 Å². The van der Waals surface area contributed by atoms with Crippen molar-refractivity contribution in [3.8, 4) is 0 Å². The van der Waals surface area contributed by atoms with Crippen molar-refractivity contribution in [2.75, 3.05) is 26.1 Å². The molecule has 3 heteroatoms. The summed E-state index contributed by atoms with van der Waals surface area (Å²) in [6.07, 6.45) is 2.41. The van der Waals surface area contributed by atoms with Crippen molar-refractivity contribution in [1.29, 1.82) is 0 Å². The topological polar surface area (TPSA) is 18.5 Å². The molecule has 0 amide bonds. The maximum atomic E-state index is 5.75. The van der Waals surface area contributed by atoms with Crippen LogP contribution < -0.4 is 0 Å². The highest BCUT2D eigenvalue weighted by molar-refractivity contribution is 7.80. The average Bonchev–Trinajstić information content (AvgIpc) is 2.21. The molecule has 0 spiro atoms. The normalized spacial score (nSPS) is 14.4. The summed E-state index contributed by atoms with van der Waals surface area (Å²) >= 11 is 4.40. The Morgan fingerprint density at radius 2 is 1.86 bits per heavy atom. The monoisotopic (exact) mass is 220 g/mol. The molecule has 0 N–H and O–H groups in total. The molecule has 0 aromatic rings. The van der Waals surface area contributed by atoms with E-state index in [1.165, 1.54) is 0 Å². The Balaban J connectivity index is 3.92. The van der Waals surface area contributed by atoms with Crippen LogP contribution in [0.25, 0.3) is 0 Å². The second-order valence-corrected chi connectivity index (χ2v) is 4.26. The van der Waals surface area contributed by atoms with Crippen LogP contribution in [0, 0.1) is 5.41 Å². The molecular formula is C11H24O2S. The van der Waals surface area contributed by atoms with E-state index in [9.17, 15) is 0 Å². The quantitative estimate of drug-likeness (QED) is 0.634. The van der Waals surface area contributed by atoms with Crippen LogP contribution in [0.15, 0.2) is 0 Å². The Morgan fingerprint density at radius 1 is 1.29 bits per heavy atom. The second kappa shape index (κ2) is 7.55. The predicted molar refractivity (Wildman–Crippen MR) is 64.2 cm³/mol. The molecule has 0 saturated heterocycles. The van der Waals surface area contributed by atoms with Gasteiger partial charge in [0.05, 0.1) is 19.3 Å². The van der Waals surface area contributed by atoms with Crippen LogP contribution in [0.5, 0.6) is 0 Å². The highest BCUT2D eigenvalue weighted by Gasteiger charge is 2.25. The third-order valence-corrected chi connectivity index (χ3v) is 3.58. The number of rotatable bonds is 8. The van der Waals surface area contributed by atoms with E-state index in [-0.39, 0.29) is 11.5 Å². The van der Waals surface area contributed by atoms with Crippen molar-refractivity contribution < 1.29 is 9.47 Å². The lowest BCUT2D eigenvalue weighted by molar-refractivity contribution is -0.0300. The van der Waals surface area contributed by atoms with Gasteiger partial charge in [-0.15, -0.1) is 0 Å². The van der Waals surface area contributed by atoms with Gasteiger partial charge < -0.3 is 9.47 Å². The summed E-state index contributed by atoms with van der Waals surface area (Å²) < 4.78 is 10.8. The van der Waals surface area contributed by atoms with Crippen molar-refractivity contribution in [3.63, 3.8) is 0 Å². The van der Waals surface area contributed by atoms with Gasteiger partial charge in [-0.3, -0.25) is 0 Å². The van der Waals surface area contributed by atoms with Crippen LogP contribution in [0.3, 0.4) is 0 Å². The van der Waals surface area contributed by atoms with Crippen LogP contribution >= 0.6 is 12.6 Å². The molecule has 86 valence electrons.